The monoisotopic (exact) mass is 379 g/mol. The molecule has 0 aliphatic rings. The molecule has 0 aliphatic carbocycles. The molecular weight excluding hydrogens is 358 g/mol. The van der Waals surface area contributed by atoms with Gasteiger partial charge in [0.05, 0.1) is 19.5 Å². The molecule has 2 aromatic rings. The first-order valence-corrected chi connectivity index (χ1v) is 9.60. The number of carbonyl (C=O) groups is 1. The summed E-state index contributed by atoms with van der Waals surface area (Å²) in [5.41, 5.74) is 7.45. The molecule has 0 heterocycles. The third-order valence-corrected chi connectivity index (χ3v) is 5.77. The van der Waals surface area contributed by atoms with Crippen LogP contribution < -0.4 is 10.5 Å². The van der Waals surface area contributed by atoms with Gasteiger partial charge in [0.15, 0.2) is 6.10 Å². The Kier molecular flexibility index (Phi) is 7.04. The predicted octanol–water partition coefficient (Wildman–Crippen LogP) is 3.37. The maximum atomic E-state index is 11.9. The summed E-state index contributed by atoms with van der Waals surface area (Å²) in [6, 6.07) is 12.9. The lowest BCUT2D eigenvalue weighted by molar-refractivity contribution is -0.150. The molecule has 2 unspecified atom stereocenters. The summed E-state index contributed by atoms with van der Waals surface area (Å²) in [6.45, 7) is 0. The van der Waals surface area contributed by atoms with Crippen molar-refractivity contribution in [1.29, 1.82) is 0 Å². The number of benzene rings is 2. The van der Waals surface area contributed by atoms with E-state index in [2.05, 4.69) is 0 Å². The number of aliphatic hydroxyl groups excluding tert-OH is 1. The van der Waals surface area contributed by atoms with Gasteiger partial charge in [-0.1, -0.05) is 12.1 Å². The van der Waals surface area contributed by atoms with E-state index in [1.807, 2.05) is 36.6 Å². The minimum Gasteiger partial charge on any atom is -0.497 e. The first-order valence-electron chi connectivity index (χ1n) is 7.50. The Bertz CT molecular complexity index is 722. The molecule has 0 saturated heterocycles. The molecule has 2 atom stereocenters. The second-order valence-electron chi connectivity index (χ2n) is 5.18. The summed E-state index contributed by atoms with van der Waals surface area (Å²) < 4.78 is 9.87. The maximum absolute atomic E-state index is 11.9. The molecule has 2 rings (SSSR count). The summed E-state index contributed by atoms with van der Waals surface area (Å²) in [6.07, 6.45) is 0.658. The molecule has 0 aliphatic heterocycles. The van der Waals surface area contributed by atoms with Gasteiger partial charge in [-0.3, -0.25) is 0 Å². The van der Waals surface area contributed by atoms with Crippen molar-refractivity contribution < 1.29 is 19.4 Å². The number of esters is 1. The zero-order valence-corrected chi connectivity index (χ0v) is 15.9. The summed E-state index contributed by atoms with van der Waals surface area (Å²) in [7, 11) is 2.84. The van der Waals surface area contributed by atoms with Gasteiger partial charge in [0.1, 0.15) is 5.75 Å². The van der Waals surface area contributed by atoms with Crippen LogP contribution in [0, 0.1) is 0 Å². The number of hydrogen-bond acceptors (Lipinski definition) is 7. The molecule has 25 heavy (non-hydrogen) atoms. The van der Waals surface area contributed by atoms with Crippen LogP contribution in [-0.4, -0.2) is 37.7 Å². The Hall–Kier alpha value is -1.83. The van der Waals surface area contributed by atoms with Crippen LogP contribution in [0.2, 0.25) is 0 Å². The van der Waals surface area contributed by atoms with Crippen LogP contribution in [0.4, 0.5) is 5.69 Å². The van der Waals surface area contributed by atoms with E-state index < -0.39 is 17.3 Å². The minimum absolute atomic E-state index is 0.558. The van der Waals surface area contributed by atoms with E-state index in [0.29, 0.717) is 11.4 Å². The van der Waals surface area contributed by atoms with Gasteiger partial charge in [0, 0.05) is 15.5 Å². The van der Waals surface area contributed by atoms with E-state index in [1.54, 1.807) is 31.0 Å². The first-order chi connectivity index (χ1) is 12.0. The van der Waals surface area contributed by atoms with Crippen LogP contribution >= 0.6 is 23.5 Å². The number of hydrogen-bond donors (Lipinski definition) is 2. The minimum atomic E-state index is -1.32. The molecule has 0 bridgehead atoms. The smallest absolute Gasteiger partial charge is 0.336 e. The fourth-order valence-electron chi connectivity index (χ4n) is 2.23. The van der Waals surface area contributed by atoms with Crippen LogP contribution in [0.15, 0.2) is 52.3 Å². The molecule has 0 amide bonds. The predicted molar refractivity (Wildman–Crippen MR) is 102 cm³/mol. The van der Waals surface area contributed by atoms with Crippen LogP contribution in [-0.2, 0) is 9.53 Å². The lowest BCUT2D eigenvalue weighted by atomic mass is 10.1. The largest absolute Gasteiger partial charge is 0.497 e. The van der Waals surface area contributed by atoms with Crippen molar-refractivity contribution >= 4 is 35.2 Å². The number of aliphatic hydroxyl groups is 1. The summed E-state index contributed by atoms with van der Waals surface area (Å²) in [4.78, 5) is 13.8. The number of thioether (sulfide) groups is 2. The Morgan fingerprint density at radius 3 is 2.40 bits per heavy atom. The van der Waals surface area contributed by atoms with Gasteiger partial charge < -0.3 is 20.3 Å². The van der Waals surface area contributed by atoms with Crippen LogP contribution in [0.3, 0.4) is 0 Å². The average molecular weight is 380 g/mol. The highest BCUT2D eigenvalue weighted by Crippen LogP contribution is 2.42. The zero-order valence-electron chi connectivity index (χ0n) is 14.3. The van der Waals surface area contributed by atoms with Crippen molar-refractivity contribution in [2.45, 2.75) is 21.1 Å². The number of nitrogens with two attached hydrogens (primary N) is 1. The summed E-state index contributed by atoms with van der Waals surface area (Å²) in [5, 5.41) is 9.91. The van der Waals surface area contributed by atoms with Gasteiger partial charge in [-0.25, -0.2) is 4.79 Å². The Morgan fingerprint density at radius 2 is 1.84 bits per heavy atom. The molecular formula is C18H21NO4S2. The fraction of sp³-hybridized carbons (Fsp3) is 0.278. The highest BCUT2D eigenvalue weighted by atomic mass is 32.2. The lowest BCUT2D eigenvalue weighted by Gasteiger charge is -2.22. The average Bonchev–Trinajstić information content (AvgIpc) is 2.66. The first kappa shape index (κ1) is 19.5. The Balaban J connectivity index is 2.38. The van der Waals surface area contributed by atoms with E-state index in [1.165, 1.54) is 18.9 Å². The van der Waals surface area contributed by atoms with E-state index in [0.717, 1.165) is 15.4 Å². The van der Waals surface area contributed by atoms with E-state index >= 15 is 0 Å². The molecule has 0 spiro atoms. The highest BCUT2D eigenvalue weighted by molar-refractivity contribution is 8.00. The van der Waals surface area contributed by atoms with Crippen LogP contribution in [0.1, 0.15) is 10.8 Å². The van der Waals surface area contributed by atoms with Crippen LogP contribution in [0.5, 0.6) is 5.75 Å². The fourth-order valence-corrected chi connectivity index (χ4v) is 3.95. The number of ether oxygens (including phenoxy) is 2. The molecule has 134 valence electrons. The summed E-state index contributed by atoms with van der Waals surface area (Å²) >= 11 is 2.93. The molecule has 0 saturated carbocycles. The van der Waals surface area contributed by atoms with Gasteiger partial charge in [0.25, 0.3) is 0 Å². The van der Waals surface area contributed by atoms with E-state index in [-0.39, 0.29) is 0 Å². The van der Waals surface area contributed by atoms with Gasteiger partial charge in [0.2, 0.25) is 0 Å². The maximum Gasteiger partial charge on any atom is 0.336 e. The quantitative estimate of drug-likeness (QED) is 0.434. The number of methoxy groups -OCH3 is 2. The molecule has 2 aromatic carbocycles. The van der Waals surface area contributed by atoms with Gasteiger partial charge >= 0.3 is 5.97 Å². The topological polar surface area (TPSA) is 81.8 Å². The van der Waals surface area contributed by atoms with Gasteiger partial charge in [-0.15, -0.1) is 23.5 Å². The van der Waals surface area contributed by atoms with E-state index in [9.17, 15) is 9.90 Å². The van der Waals surface area contributed by atoms with Crippen molar-refractivity contribution in [1.82, 2.24) is 0 Å². The number of rotatable bonds is 7. The molecule has 0 radical (unpaired) electrons. The van der Waals surface area contributed by atoms with Crippen LogP contribution in [0.25, 0.3) is 0 Å². The second kappa shape index (κ2) is 9.03. The number of anilines is 1. The van der Waals surface area contributed by atoms with Gasteiger partial charge in [-0.05, 0) is 42.2 Å². The normalized spacial score (nSPS) is 13.1. The second-order valence-corrected chi connectivity index (χ2v) is 7.25. The molecule has 3 N–H and O–H groups in total. The van der Waals surface area contributed by atoms with E-state index in [4.69, 9.17) is 15.2 Å². The highest BCUT2D eigenvalue weighted by Gasteiger charge is 2.30. The Labute approximate surface area is 155 Å². The molecule has 0 fully saturated rings. The summed E-state index contributed by atoms with van der Waals surface area (Å²) in [5.74, 6) is 0.0110. The molecule has 7 heteroatoms. The number of carbonyl (C=O) groups excluding carboxylic acids is 1. The van der Waals surface area contributed by atoms with Crippen molar-refractivity contribution in [2.75, 3.05) is 26.2 Å². The number of nitrogen functional groups attached to an aromatic ring is 1. The van der Waals surface area contributed by atoms with Gasteiger partial charge in [-0.2, -0.15) is 0 Å². The molecule has 5 nitrogen and oxygen atoms in total. The standard InChI is InChI=1S/C18H21NO4S2/c1-22-12-6-4-11(5-7-12)17(16(20)18(21)23-2)25-15-10-13(24-3)8-9-14(15)19/h4-10,16-17,20H,19H2,1-3H3. The van der Waals surface area contributed by atoms with Crippen molar-refractivity contribution in [3.63, 3.8) is 0 Å². The van der Waals surface area contributed by atoms with Crippen molar-refractivity contribution in [2.24, 2.45) is 0 Å². The Morgan fingerprint density at radius 1 is 1.16 bits per heavy atom. The third-order valence-electron chi connectivity index (χ3n) is 3.65. The van der Waals surface area contributed by atoms with Crippen molar-refractivity contribution in [3.8, 4) is 5.75 Å². The van der Waals surface area contributed by atoms with Crippen molar-refractivity contribution in [3.05, 3.63) is 48.0 Å². The molecule has 0 aromatic heterocycles. The lowest BCUT2D eigenvalue weighted by Crippen LogP contribution is -2.27. The zero-order chi connectivity index (χ0) is 18.4. The third kappa shape index (κ3) is 4.84. The SMILES string of the molecule is COC(=O)C(O)C(Sc1cc(SC)ccc1N)c1ccc(OC)cc1.